The Morgan fingerprint density at radius 1 is 1.60 bits per heavy atom. The van der Waals surface area contributed by atoms with Crippen LogP contribution in [-0.4, -0.2) is 11.5 Å². The van der Waals surface area contributed by atoms with Crippen molar-refractivity contribution in [3.8, 4) is 0 Å². The Bertz CT molecular complexity index is 317. The van der Waals surface area contributed by atoms with Gasteiger partial charge in [0.25, 0.3) is 0 Å². The van der Waals surface area contributed by atoms with E-state index in [2.05, 4.69) is 9.98 Å². The van der Waals surface area contributed by atoms with Gasteiger partial charge in [-0.05, 0) is 12.5 Å². The number of rotatable bonds is 0. The largest absolute Gasteiger partial charge is 0.440 e. The summed E-state index contributed by atoms with van der Waals surface area (Å²) >= 11 is 0. The summed E-state index contributed by atoms with van der Waals surface area (Å²) in [5, 5.41) is 0. The van der Waals surface area contributed by atoms with Crippen molar-refractivity contribution in [3.63, 3.8) is 0 Å². The van der Waals surface area contributed by atoms with Crippen LogP contribution in [0.2, 0.25) is 0 Å². The lowest BCUT2D eigenvalue weighted by molar-refractivity contribution is 0.488. The van der Waals surface area contributed by atoms with E-state index in [1.54, 1.807) is 0 Å². The molecule has 1 aliphatic heterocycles. The first-order chi connectivity index (χ1) is 4.86. The molecule has 0 aliphatic carbocycles. The van der Waals surface area contributed by atoms with E-state index in [1.807, 2.05) is 13.0 Å². The molecular formula is C7H8N2O. The number of aromatic nitrogens is 1. The van der Waals surface area contributed by atoms with Gasteiger partial charge in [-0.3, -0.25) is 4.99 Å². The van der Waals surface area contributed by atoms with Gasteiger partial charge < -0.3 is 4.42 Å². The normalized spacial score (nSPS) is 15.3. The molecule has 0 saturated carbocycles. The maximum Gasteiger partial charge on any atom is 0.193 e. The van der Waals surface area contributed by atoms with Crippen LogP contribution in [0, 0.1) is 6.92 Å². The molecule has 0 unspecified atom stereocenters. The molecule has 0 saturated heterocycles. The molecule has 2 heterocycles. The van der Waals surface area contributed by atoms with Gasteiger partial charge in [0.15, 0.2) is 16.8 Å². The van der Waals surface area contributed by atoms with E-state index >= 15 is 0 Å². The lowest BCUT2D eigenvalue weighted by atomic mass is 10.3. The highest BCUT2D eigenvalue weighted by molar-refractivity contribution is 5.17. The highest BCUT2D eigenvalue weighted by Gasteiger charge is 1.99. The molecule has 0 aromatic carbocycles. The second kappa shape index (κ2) is 1.94. The summed E-state index contributed by atoms with van der Waals surface area (Å²) in [6.07, 6.45) is 3.00. The quantitative estimate of drug-likeness (QED) is 0.495. The molecule has 0 amide bonds. The average molecular weight is 136 g/mol. The molecule has 0 bridgehead atoms. The van der Waals surface area contributed by atoms with Crippen molar-refractivity contribution in [2.24, 2.45) is 4.99 Å². The number of oxazole rings is 1. The van der Waals surface area contributed by atoms with Crippen LogP contribution < -0.4 is 10.9 Å². The standard InChI is InChI=1S/C7H8N2O/c1-5-9-7-6(10-5)3-2-4-8-7/h3H,2,4H2,1H3. The van der Waals surface area contributed by atoms with E-state index in [0.29, 0.717) is 5.89 Å². The zero-order chi connectivity index (χ0) is 6.97. The summed E-state index contributed by atoms with van der Waals surface area (Å²) < 4.78 is 5.25. The molecule has 0 fully saturated rings. The van der Waals surface area contributed by atoms with E-state index in [9.17, 15) is 0 Å². The van der Waals surface area contributed by atoms with Gasteiger partial charge in [-0.25, -0.2) is 0 Å². The SMILES string of the molecule is Cc1nc2c(o1)=CCCN=2. The van der Waals surface area contributed by atoms with Crippen molar-refractivity contribution in [2.75, 3.05) is 6.54 Å². The fourth-order valence-electron chi connectivity index (χ4n) is 1.04. The first-order valence-corrected chi connectivity index (χ1v) is 3.34. The highest BCUT2D eigenvalue weighted by Crippen LogP contribution is 1.87. The zero-order valence-electron chi connectivity index (χ0n) is 5.79. The van der Waals surface area contributed by atoms with Crippen LogP contribution in [0.4, 0.5) is 0 Å². The first-order valence-electron chi connectivity index (χ1n) is 3.34. The van der Waals surface area contributed by atoms with Gasteiger partial charge in [0.1, 0.15) is 0 Å². The Labute approximate surface area is 58.1 Å². The predicted molar refractivity (Wildman–Crippen MR) is 36.0 cm³/mol. The maximum atomic E-state index is 5.25. The average Bonchev–Trinajstić information content (AvgIpc) is 2.27. The fraction of sp³-hybridized carbons (Fsp3) is 0.429. The minimum Gasteiger partial charge on any atom is -0.440 e. The highest BCUT2D eigenvalue weighted by atomic mass is 16.3. The molecule has 0 radical (unpaired) electrons. The van der Waals surface area contributed by atoms with Gasteiger partial charge >= 0.3 is 0 Å². The second-order valence-electron chi connectivity index (χ2n) is 2.30. The van der Waals surface area contributed by atoms with Crippen molar-refractivity contribution in [3.05, 3.63) is 16.8 Å². The molecule has 1 aromatic rings. The topological polar surface area (TPSA) is 38.4 Å². The van der Waals surface area contributed by atoms with Crippen LogP contribution in [0.5, 0.6) is 0 Å². The molecule has 3 heteroatoms. The van der Waals surface area contributed by atoms with Crippen LogP contribution in [0.15, 0.2) is 9.41 Å². The minimum absolute atomic E-state index is 0.701. The van der Waals surface area contributed by atoms with Crippen molar-refractivity contribution in [2.45, 2.75) is 13.3 Å². The molecule has 3 nitrogen and oxygen atoms in total. The zero-order valence-corrected chi connectivity index (χ0v) is 5.79. The minimum atomic E-state index is 0.701. The number of nitrogens with zero attached hydrogens (tertiary/aromatic N) is 2. The molecule has 0 spiro atoms. The van der Waals surface area contributed by atoms with Crippen LogP contribution in [-0.2, 0) is 0 Å². The van der Waals surface area contributed by atoms with Crippen LogP contribution in [0.25, 0.3) is 6.08 Å². The van der Waals surface area contributed by atoms with Crippen LogP contribution in [0.1, 0.15) is 12.3 Å². The van der Waals surface area contributed by atoms with Crippen LogP contribution >= 0.6 is 0 Å². The van der Waals surface area contributed by atoms with Gasteiger partial charge in [0, 0.05) is 13.5 Å². The van der Waals surface area contributed by atoms with E-state index in [4.69, 9.17) is 4.42 Å². The number of fused-ring (bicyclic) bond motifs is 1. The van der Waals surface area contributed by atoms with Crippen LogP contribution in [0.3, 0.4) is 0 Å². The van der Waals surface area contributed by atoms with Gasteiger partial charge in [-0.15, -0.1) is 0 Å². The van der Waals surface area contributed by atoms with E-state index in [-0.39, 0.29) is 0 Å². The van der Waals surface area contributed by atoms with E-state index < -0.39 is 0 Å². The number of hydrogen-bond donors (Lipinski definition) is 0. The van der Waals surface area contributed by atoms with Crippen molar-refractivity contribution in [1.82, 2.24) is 4.98 Å². The smallest absolute Gasteiger partial charge is 0.193 e. The molecule has 0 N–H and O–H groups in total. The third-order valence-electron chi connectivity index (χ3n) is 1.46. The Hall–Kier alpha value is -1.12. The van der Waals surface area contributed by atoms with E-state index in [0.717, 1.165) is 23.9 Å². The number of hydrogen-bond acceptors (Lipinski definition) is 3. The molecule has 1 aromatic heterocycles. The fourth-order valence-corrected chi connectivity index (χ4v) is 1.04. The molecule has 10 heavy (non-hydrogen) atoms. The summed E-state index contributed by atoms with van der Waals surface area (Å²) in [4.78, 5) is 8.26. The van der Waals surface area contributed by atoms with Crippen molar-refractivity contribution < 1.29 is 4.42 Å². The Kier molecular flexibility index (Phi) is 1.09. The van der Waals surface area contributed by atoms with Gasteiger partial charge in [0.2, 0.25) is 0 Å². The van der Waals surface area contributed by atoms with Crippen molar-refractivity contribution in [1.29, 1.82) is 0 Å². The second-order valence-corrected chi connectivity index (χ2v) is 2.30. The van der Waals surface area contributed by atoms with Gasteiger partial charge in [-0.2, -0.15) is 4.98 Å². The van der Waals surface area contributed by atoms with Gasteiger partial charge in [0.05, 0.1) is 0 Å². The summed E-state index contributed by atoms with van der Waals surface area (Å²) in [5.74, 6) is 0.701. The lowest BCUT2D eigenvalue weighted by Gasteiger charge is -1.88. The first kappa shape index (κ1) is 5.65. The molecule has 2 rings (SSSR count). The summed E-state index contributed by atoms with van der Waals surface area (Å²) in [6.45, 7) is 2.68. The molecule has 52 valence electrons. The Morgan fingerprint density at radius 3 is 3.30 bits per heavy atom. The third kappa shape index (κ3) is 0.744. The van der Waals surface area contributed by atoms with Gasteiger partial charge in [-0.1, -0.05) is 0 Å². The van der Waals surface area contributed by atoms with Crippen molar-refractivity contribution >= 4 is 6.08 Å². The lowest BCUT2D eigenvalue weighted by Crippen LogP contribution is -2.25. The molecule has 1 aliphatic rings. The summed E-state index contributed by atoms with van der Waals surface area (Å²) in [5.41, 5.74) is 1.60. The van der Waals surface area contributed by atoms with E-state index in [1.165, 1.54) is 0 Å². The predicted octanol–water partition coefficient (Wildman–Crippen LogP) is -0.213. The summed E-state index contributed by atoms with van der Waals surface area (Å²) in [7, 11) is 0. The number of aryl methyl sites for hydroxylation is 1. The molecular weight excluding hydrogens is 128 g/mol. The molecule has 0 atom stereocenters. The summed E-state index contributed by atoms with van der Waals surface area (Å²) in [6, 6.07) is 0. The maximum absolute atomic E-state index is 5.25. The monoisotopic (exact) mass is 136 g/mol. The Balaban J connectivity index is 2.83. The third-order valence-corrected chi connectivity index (χ3v) is 1.46. The Morgan fingerprint density at radius 2 is 2.50 bits per heavy atom.